The van der Waals surface area contributed by atoms with Gasteiger partial charge in [-0.2, -0.15) is 17.4 Å². The normalized spacial score (nSPS) is 27.9. The van der Waals surface area contributed by atoms with Crippen LogP contribution in [0, 0.1) is 11.8 Å². The highest BCUT2D eigenvalue weighted by molar-refractivity contribution is 7.87. The van der Waals surface area contributed by atoms with Gasteiger partial charge in [0.05, 0.1) is 0 Å². The van der Waals surface area contributed by atoms with Crippen LogP contribution in [-0.2, 0) is 10.2 Å². The second-order valence-electron chi connectivity index (χ2n) is 6.56. The van der Waals surface area contributed by atoms with Crippen molar-refractivity contribution in [3.8, 4) is 0 Å². The van der Waals surface area contributed by atoms with E-state index < -0.39 is 10.2 Å². The van der Waals surface area contributed by atoms with E-state index in [0.717, 1.165) is 51.6 Å². The van der Waals surface area contributed by atoms with E-state index in [1.807, 2.05) is 0 Å². The van der Waals surface area contributed by atoms with Gasteiger partial charge in [-0.15, -0.1) is 0 Å². The van der Waals surface area contributed by atoms with Gasteiger partial charge in [-0.05, 0) is 57.0 Å². The summed E-state index contributed by atoms with van der Waals surface area (Å²) in [5.41, 5.74) is 0. The van der Waals surface area contributed by atoms with E-state index in [1.165, 1.54) is 0 Å². The van der Waals surface area contributed by atoms with Gasteiger partial charge in [-0.1, -0.05) is 20.3 Å². The average molecular weight is 317 g/mol. The summed E-state index contributed by atoms with van der Waals surface area (Å²) in [4.78, 5) is 0. The fourth-order valence-corrected chi connectivity index (χ4v) is 4.70. The zero-order valence-electron chi connectivity index (χ0n) is 13.5. The van der Waals surface area contributed by atoms with Crippen LogP contribution in [0.2, 0.25) is 0 Å². The Morgan fingerprint density at radius 2 is 1.86 bits per heavy atom. The average Bonchev–Trinajstić information content (AvgIpc) is 3.17. The molecule has 0 aromatic heterocycles. The van der Waals surface area contributed by atoms with Crippen molar-refractivity contribution >= 4 is 10.2 Å². The molecule has 1 aliphatic heterocycles. The fourth-order valence-electron chi connectivity index (χ4n) is 3.18. The van der Waals surface area contributed by atoms with Crippen molar-refractivity contribution in [2.24, 2.45) is 11.8 Å². The Morgan fingerprint density at radius 3 is 2.48 bits per heavy atom. The molecule has 0 aromatic carbocycles. The van der Waals surface area contributed by atoms with Gasteiger partial charge in [0.15, 0.2) is 0 Å². The maximum absolute atomic E-state index is 12.4. The van der Waals surface area contributed by atoms with E-state index in [4.69, 9.17) is 0 Å². The first-order valence-corrected chi connectivity index (χ1v) is 9.99. The number of hydrogen-bond acceptors (Lipinski definition) is 3. The van der Waals surface area contributed by atoms with Gasteiger partial charge in [-0.25, -0.2) is 0 Å². The predicted molar refractivity (Wildman–Crippen MR) is 86.3 cm³/mol. The van der Waals surface area contributed by atoms with Crippen LogP contribution in [0.15, 0.2) is 0 Å². The highest BCUT2D eigenvalue weighted by Crippen LogP contribution is 2.35. The summed E-state index contributed by atoms with van der Waals surface area (Å²) < 4.78 is 29.2. The number of nitrogens with one attached hydrogen (secondary N) is 2. The summed E-state index contributed by atoms with van der Waals surface area (Å²) in [6, 6.07) is 0.193. The Balaban J connectivity index is 1.71. The first-order chi connectivity index (χ1) is 10.1. The quantitative estimate of drug-likeness (QED) is 0.637. The van der Waals surface area contributed by atoms with E-state index in [1.54, 1.807) is 4.31 Å². The highest BCUT2D eigenvalue weighted by atomic mass is 32.2. The minimum atomic E-state index is -3.26. The Labute approximate surface area is 130 Å². The Hall–Kier alpha value is -0.170. The Morgan fingerprint density at radius 1 is 1.14 bits per heavy atom. The molecule has 1 heterocycles. The predicted octanol–water partition coefficient (Wildman–Crippen LogP) is 1.72. The molecule has 1 saturated carbocycles. The minimum absolute atomic E-state index is 0.193. The summed E-state index contributed by atoms with van der Waals surface area (Å²) in [6.07, 6.45) is 6.39. The molecule has 2 aliphatic rings. The van der Waals surface area contributed by atoms with Crippen molar-refractivity contribution in [1.29, 1.82) is 0 Å². The standard InChI is InChI=1S/C15H31N3O2S/c1-3-5-14-11-15(14)17-21(19,20)18-9-6-13(7-10-18)12-16-8-4-2/h13-17H,3-12H2,1-2H3. The molecule has 21 heavy (non-hydrogen) atoms. The second kappa shape index (κ2) is 7.90. The van der Waals surface area contributed by atoms with Gasteiger partial charge in [0.25, 0.3) is 10.2 Å². The summed E-state index contributed by atoms with van der Waals surface area (Å²) in [6.45, 7) is 7.73. The Bertz CT molecular complexity index is 405. The van der Waals surface area contributed by atoms with E-state index in [-0.39, 0.29) is 6.04 Å². The fraction of sp³-hybridized carbons (Fsp3) is 1.00. The first kappa shape index (κ1) is 17.2. The maximum atomic E-state index is 12.4. The largest absolute Gasteiger partial charge is 0.316 e. The number of hydrogen-bond donors (Lipinski definition) is 2. The Kier molecular flexibility index (Phi) is 6.47. The van der Waals surface area contributed by atoms with Crippen molar-refractivity contribution in [3.63, 3.8) is 0 Å². The van der Waals surface area contributed by atoms with Gasteiger partial charge in [0.2, 0.25) is 0 Å². The molecule has 1 aliphatic carbocycles. The van der Waals surface area contributed by atoms with Crippen molar-refractivity contribution in [1.82, 2.24) is 14.3 Å². The molecule has 2 rings (SSSR count). The molecule has 2 fully saturated rings. The van der Waals surface area contributed by atoms with E-state index in [2.05, 4.69) is 23.9 Å². The van der Waals surface area contributed by atoms with Gasteiger partial charge >= 0.3 is 0 Å². The first-order valence-electron chi connectivity index (χ1n) is 8.55. The molecule has 5 nitrogen and oxygen atoms in total. The summed E-state index contributed by atoms with van der Waals surface area (Å²) in [5.74, 6) is 1.19. The van der Waals surface area contributed by atoms with Gasteiger partial charge < -0.3 is 5.32 Å². The van der Waals surface area contributed by atoms with Crippen molar-refractivity contribution in [3.05, 3.63) is 0 Å². The van der Waals surface area contributed by atoms with E-state index >= 15 is 0 Å². The molecule has 0 aromatic rings. The molecule has 6 heteroatoms. The van der Waals surface area contributed by atoms with Crippen LogP contribution in [0.4, 0.5) is 0 Å². The van der Waals surface area contributed by atoms with E-state index in [0.29, 0.717) is 24.9 Å². The van der Waals surface area contributed by atoms with Crippen LogP contribution in [-0.4, -0.2) is 44.9 Å². The zero-order chi connectivity index (χ0) is 15.3. The summed E-state index contributed by atoms with van der Waals surface area (Å²) in [7, 11) is -3.26. The zero-order valence-corrected chi connectivity index (χ0v) is 14.3. The minimum Gasteiger partial charge on any atom is -0.316 e. The van der Waals surface area contributed by atoms with Crippen LogP contribution >= 0.6 is 0 Å². The summed E-state index contributed by atoms with van der Waals surface area (Å²) >= 11 is 0. The molecule has 0 radical (unpaired) electrons. The molecule has 0 bridgehead atoms. The van der Waals surface area contributed by atoms with Crippen LogP contribution in [0.1, 0.15) is 52.4 Å². The van der Waals surface area contributed by atoms with Crippen LogP contribution < -0.4 is 10.0 Å². The van der Waals surface area contributed by atoms with Gasteiger partial charge in [-0.3, -0.25) is 0 Å². The molecule has 0 spiro atoms. The second-order valence-corrected chi connectivity index (χ2v) is 8.26. The van der Waals surface area contributed by atoms with Crippen LogP contribution in [0.3, 0.4) is 0 Å². The molecule has 2 N–H and O–H groups in total. The molecule has 1 saturated heterocycles. The number of nitrogens with zero attached hydrogens (tertiary/aromatic N) is 1. The highest BCUT2D eigenvalue weighted by Gasteiger charge is 2.40. The van der Waals surface area contributed by atoms with Crippen molar-refractivity contribution in [2.45, 2.75) is 58.4 Å². The third-order valence-corrected chi connectivity index (χ3v) is 6.30. The van der Waals surface area contributed by atoms with Crippen LogP contribution in [0.25, 0.3) is 0 Å². The molecule has 2 unspecified atom stereocenters. The van der Waals surface area contributed by atoms with Crippen molar-refractivity contribution in [2.75, 3.05) is 26.2 Å². The lowest BCUT2D eigenvalue weighted by atomic mass is 9.98. The molecular formula is C15H31N3O2S. The van der Waals surface area contributed by atoms with Crippen LogP contribution in [0.5, 0.6) is 0 Å². The molecular weight excluding hydrogens is 286 g/mol. The van der Waals surface area contributed by atoms with Gasteiger partial charge in [0.1, 0.15) is 0 Å². The van der Waals surface area contributed by atoms with Crippen molar-refractivity contribution < 1.29 is 8.42 Å². The molecule has 124 valence electrons. The van der Waals surface area contributed by atoms with E-state index in [9.17, 15) is 8.42 Å². The lowest BCUT2D eigenvalue weighted by molar-refractivity contribution is 0.265. The molecule has 0 amide bonds. The third kappa shape index (κ3) is 5.20. The molecule has 2 atom stereocenters. The lowest BCUT2D eigenvalue weighted by Crippen LogP contribution is -2.47. The summed E-state index contributed by atoms with van der Waals surface area (Å²) in [5, 5.41) is 3.44. The smallest absolute Gasteiger partial charge is 0.279 e. The monoisotopic (exact) mass is 317 g/mol. The maximum Gasteiger partial charge on any atom is 0.279 e. The topological polar surface area (TPSA) is 61.4 Å². The number of rotatable bonds is 9. The van der Waals surface area contributed by atoms with Gasteiger partial charge in [0, 0.05) is 19.1 Å². The lowest BCUT2D eigenvalue weighted by Gasteiger charge is -2.31. The third-order valence-electron chi connectivity index (χ3n) is 4.66. The SMILES string of the molecule is CCCNCC1CCN(S(=O)(=O)NC2CC2CCC)CC1. The number of piperidine rings is 1.